The maximum absolute atomic E-state index is 12.9. The van der Waals surface area contributed by atoms with E-state index in [-0.39, 0.29) is 36.3 Å². The highest BCUT2D eigenvalue weighted by Gasteiger charge is 2.40. The second kappa shape index (κ2) is 6.24. The van der Waals surface area contributed by atoms with Crippen LogP contribution in [0.15, 0.2) is 35.3 Å². The molecule has 0 bridgehead atoms. The molecule has 1 saturated carbocycles. The first-order valence-corrected chi connectivity index (χ1v) is 8.36. The number of hydrazine groups is 1. The maximum atomic E-state index is 12.9. The number of benzene rings is 1. The van der Waals surface area contributed by atoms with Crippen molar-refractivity contribution in [3.8, 4) is 0 Å². The van der Waals surface area contributed by atoms with Crippen LogP contribution in [0.4, 0.5) is 5.69 Å². The highest BCUT2D eigenvalue weighted by molar-refractivity contribution is 6.39. The third kappa shape index (κ3) is 2.65. The Morgan fingerprint density at radius 3 is 2.92 bits per heavy atom. The van der Waals surface area contributed by atoms with Gasteiger partial charge in [-0.15, -0.1) is 0 Å². The summed E-state index contributed by atoms with van der Waals surface area (Å²) >= 11 is 0. The van der Waals surface area contributed by atoms with E-state index in [0.29, 0.717) is 18.8 Å². The molecular weight excluding hydrogens is 308 g/mol. The van der Waals surface area contributed by atoms with E-state index >= 15 is 0 Å². The quantitative estimate of drug-likeness (QED) is 0.868. The van der Waals surface area contributed by atoms with Gasteiger partial charge in [0, 0.05) is 6.54 Å². The molecule has 1 saturated heterocycles. The molecule has 1 N–H and O–H groups in total. The number of hydrogen-bond acceptors (Lipinski definition) is 5. The van der Waals surface area contributed by atoms with Crippen LogP contribution in [0.3, 0.4) is 0 Å². The molecule has 2 atom stereocenters. The van der Waals surface area contributed by atoms with Gasteiger partial charge in [-0.2, -0.15) is 0 Å². The van der Waals surface area contributed by atoms with Gasteiger partial charge < -0.3 is 9.64 Å². The number of carbonyl (C=O) groups excluding carboxylic acids is 2. The van der Waals surface area contributed by atoms with E-state index < -0.39 is 0 Å². The topological polar surface area (TPSA) is 74.2 Å². The lowest BCUT2D eigenvalue weighted by Gasteiger charge is -2.38. The number of carbonyl (C=O) groups is 2. The average Bonchev–Trinajstić information content (AvgIpc) is 3.11. The minimum Gasteiger partial charge on any atom is -0.374 e. The summed E-state index contributed by atoms with van der Waals surface area (Å²) in [5.74, 6) is -0.104. The molecule has 1 aromatic rings. The second-order valence-corrected chi connectivity index (χ2v) is 6.25. The fourth-order valence-electron chi connectivity index (χ4n) is 3.64. The minimum absolute atomic E-state index is 0.0264. The monoisotopic (exact) mass is 328 g/mol. The SMILES string of the molecule is O=C1CN=C(C(=O)N2CCO[C@@H]3CCC[C@@H]32)NN1c1ccccc1. The standard InChI is InChI=1S/C17H20N4O3/c22-15-11-18-16(19-21(15)12-5-2-1-3-6-12)17(23)20-9-10-24-14-8-4-7-13(14)20/h1-3,5-6,13-14H,4,7-11H2,(H,18,19)/t13-,14+/m0/s1. The predicted molar refractivity (Wildman–Crippen MR) is 88.5 cm³/mol. The van der Waals surface area contributed by atoms with Crippen molar-refractivity contribution < 1.29 is 14.3 Å². The van der Waals surface area contributed by atoms with Crippen LogP contribution in [0.5, 0.6) is 0 Å². The van der Waals surface area contributed by atoms with Gasteiger partial charge in [0.15, 0.2) is 0 Å². The summed E-state index contributed by atoms with van der Waals surface area (Å²) in [6.07, 6.45) is 3.18. The van der Waals surface area contributed by atoms with E-state index in [0.717, 1.165) is 19.3 Å². The highest BCUT2D eigenvalue weighted by Crippen LogP contribution is 2.29. The van der Waals surface area contributed by atoms with Crippen LogP contribution < -0.4 is 10.4 Å². The molecule has 2 heterocycles. The lowest BCUT2D eigenvalue weighted by atomic mass is 10.1. The molecule has 3 aliphatic rings. The summed E-state index contributed by atoms with van der Waals surface area (Å²) in [5.41, 5.74) is 3.60. The fraction of sp³-hybridized carbons (Fsp3) is 0.471. The highest BCUT2D eigenvalue weighted by atomic mass is 16.5. The number of nitrogens with one attached hydrogen (secondary N) is 1. The van der Waals surface area contributed by atoms with Crippen molar-refractivity contribution >= 4 is 23.3 Å². The lowest BCUT2D eigenvalue weighted by molar-refractivity contribution is -0.137. The number of fused-ring (bicyclic) bond motifs is 1. The largest absolute Gasteiger partial charge is 0.374 e. The van der Waals surface area contributed by atoms with Gasteiger partial charge in [-0.05, 0) is 31.4 Å². The van der Waals surface area contributed by atoms with Crippen LogP contribution in [0.25, 0.3) is 0 Å². The molecule has 4 rings (SSSR count). The third-order valence-corrected chi connectivity index (χ3v) is 4.80. The number of anilines is 1. The van der Waals surface area contributed by atoms with Crippen molar-refractivity contribution in [1.29, 1.82) is 0 Å². The molecule has 24 heavy (non-hydrogen) atoms. The third-order valence-electron chi connectivity index (χ3n) is 4.80. The van der Waals surface area contributed by atoms with Crippen molar-refractivity contribution in [1.82, 2.24) is 10.3 Å². The van der Waals surface area contributed by atoms with Crippen molar-refractivity contribution in [3.63, 3.8) is 0 Å². The van der Waals surface area contributed by atoms with E-state index in [1.807, 2.05) is 35.2 Å². The van der Waals surface area contributed by atoms with Gasteiger partial charge >= 0.3 is 0 Å². The Bertz CT molecular complexity index is 676. The Morgan fingerprint density at radius 1 is 1.25 bits per heavy atom. The van der Waals surface area contributed by atoms with Crippen molar-refractivity contribution in [2.75, 3.05) is 24.7 Å². The molecule has 0 radical (unpaired) electrons. The molecule has 2 aliphatic heterocycles. The van der Waals surface area contributed by atoms with E-state index in [1.165, 1.54) is 5.01 Å². The minimum atomic E-state index is -0.182. The zero-order valence-corrected chi connectivity index (χ0v) is 13.4. The molecule has 2 amide bonds. The van der Waals surface area contributed by atoms with Gasteiger partial charge in [-0.25, -0.2) is 5.01 Å². The van der Waals surface area contributed by atoms with E-state index in [4.69, 9.17) is 4.74 Å². The summed E-state index contributed by atoms with van der Waals surface area (Å²) in [6, 6.07) is 9.34. The van der Waals surface area contributed by atoms with Crippen LogP contribution in [0.2, 0.25) is 0 Å². The van der Waals surface area contributed by atoms with Crippen LogP contribution >= 0.6 is 0 Å². The smallest absolute Gasteiger partial charge is 0.291 e. The van der Waals surface area contributed by atoms with E-state index in [1.54, 1.807) is 0 Å². The zero-order chi connectivity index (χ0) is 16.5. The molecule has 2 fully saturated rings. The van der Waals surface area contributed by atoms with Crippen LogP contribution in [0, 0.1) is 0 Å². The van der Waals surface area contributed by atoms with Crippen LogP contribution in [-0.4, -0.2) is 54.4 Å². The predicted octanol–water partition coefficient (Wildman–Crippen LogP) is 0.716. The number of para-hydroxylation sites is 1. The van der Waals surface area contributed by atoms with Crippen LogP contribution in [0.1, 0.15) is 19.3 Å². The molecule has 1 aromatic carbocycles. The van der Waals surface area contributed by atoms with Gasteiger partial charge in [0.1, 0.15) is 6.54 Å². The average molecular weight is 328 g/mol. The Balaban J connectivity index is 1.53. The number of nitrogens with zero attached hydrogens (tertiary/aromatic N) is 3. The van der Waals surface area contributed by atoms with E-state index in [9.17, 15) is 9.59 Å². The normalized spacial score (nSPS) is 26.7. The molecule has 126 valence electrons. The Labute approximate surface area is 140 Å². The fourth-order valence-corrected chi connectivity index (χ4v) is 3.64. The van der Waals surface area contributed by atoms with Gasteiger partial charge in [0.2, 0.25) is 5.84 Å². The number of hydrogen-bond donors (Lipinski definition) is 1. The lowest BCUT2D eigenvalue weighted by Crippen LogP contribution is -2.60. The molecule has 7 nitrogen and oxygen atoms in total. The zero-order valence-electron chi connectivity index (χ0n) is 13.4. The maximum Gasteiger partial charge on any atom is 0.291 e. The first kappa shape index (κ1) is 15.1. The summed E-state index contributed by atoms with van der Waals surface area (Å²) in [4.78, 5) is 31.1. The van der Waals surface area contributed by atoms with E-state index in [2.05, 4.69) is 10.4 Å². The number of amidine groups is 1. The summed E-state index contributed by atoms with van der Waals surface area (Å²) in [7, 11) is 0. The summed E-state index contributed by atoms with van der Waals surface area (Å²) in [6.45, 7) is 1.10. The molecule has 0 unspecified atom stereocenters. The van der Waals surface area contributed by atoms with Crippen molar-refractivity contribution in [2.24, 2.45) is 4.99 Å². The van der Waals surface area contributed by atoms with Crippen LogP contribution in [-0.2, 0) is 14.3 Å². The van der Waals surface area contributed by atoms with Gasteiger partial charge in [0.05, 0.1) is 24.4 Å². The summed E-state index contributed by atoms with van der Waals surface area (Å²) in [5, 5.41) is 1.40. The Morgan fingerprint density at radius 2 is 2.08 bits per heavy atom. The molecule has 0 aromatic heterocycles. The second-order valence-electron chi connectivity index (χ2n) is 6.25. The van der Waals surface area contributed by atoms with Crippen molar-refractivity contribution in [3.05, 3.63) is 30.3 Å². The first-order valence-electron chi connectivity index (χ1n) is 8.36. The molecule has 1 aliphatic carbocycles. The van der Waals surface area contributed by atoms with Gasteiger partial charge in [-0.1, -0.05) is 18.2 Å². The molecule has 0 spiro atoms. The number of amides is 2. The number of aliphatic imine (C=N–C) groups is 1. The molecule has 7 heteroatoms. The van der Waals surface area contributed by atoms with Crippen molar-refractivity contribution in [2.45, 2.75) is 31.4 Å². The number of ether oxygens (including phenoxy) is 1. The Hall–Kier alpha value is -2.41. The molecular formula is C17H20N4O3. The van der Waals surface area contributed by atoms with Gasteiger partial charge in [-0.3, -0.25) is 20.0 Å². The summed E-state index contributed by atoms with van der Waals surface area (Å²) < 4.78 is 5.76. The Kier molecular flexibility index (Phi) is 3.93. The number of morpholine rings is 1. The first-order chi connectivity index (χ1) is 11.7. The number of rotatable bonds is 2. The van der Waals surface area contributed by atoms with Gasteiger partial charge in [0.25, 0.3) is 11.8 Å².